The van der Waals surface area contributed by atoms with E-state index in [0.29, 0.717) is 16.6 Å². The number of hydrogen-bond donors (Lipinski definition) is 1. The van der Waals surface area contributed by atoms with Gasteiger partial charge in [0, 0.05) is 18.2 Å². The highest BCUT2D eigenvalue weighted by molar-refractivity contribution is 6.30. The van der Waals surface area contributed by atoms with Crippen LogP contribution in [0.5, 0.6) is 0 Å². The van der Waals surface area contributed by atoms with E-state index in [1.165, 1.54) is 4.40 Å². The number of fused-ring (bicyclic) bond motifs is 1. The molecule has 4 nitrogen and oxygen atoms in total. The molecular formula is C13H14ClN3O. The summed E-state index contributed by atoms with van der Waals surface area (Å²) in [5.74, 6) is 0.389. The van der Waals surface area contributed by atoms with Gasteiger partial charge >= 0.3 is 0 Å². The smallest absolute Gasteiger partial charge is 0.258 e. The monoisotopic (exact) mass is 263 g/mol. The zero-order valence-corrected chi connectivity index (χ0v) is 10.7. The van der Waals surface area contributed by atoms with Crippen molar-refractivity contribution in [3.8, 4) is 0 Å². The Bertz CT molecular complexity index is 632. The first-order valence-corrected chi connectivity index (χ1v) is 6.51. The second kappa shape index (κ2) is 4.71. The van der Waals surface area contributed by atoms with Gasteiger partial charge in [-0.05, 0) is 38.1 Å². The first kappa shape index (κ1) is 11.7. The van der Waals surface area contributed by atoms with Crippen LogP contribution in [-0.2, 0) is 0 Å². The summed E-state index contributed by atoms with van der Waals surface area (Å²) in [6.07, 6.45) is 3.69. The van der Waals surface area contributed by atoms with E-state index in [1.807, 2.05) is 0 Å². The van der Waals surface area contributed by atoms with Gasteiger partial charge in [0.1, 0.15) is 5.65 Å². The molecule has 3 heterocycles. The Kier molecular flexibility index (Phi) is 3.06. The molecule has 0 saturated carbocycles. The van der Waals surface area contributed by atoms with Crippen LogP contribution in [0.25, 0.3) is 5.65 Å². The standard InChI is InChI=1S/C13H14ClN3O/c14-10-1-2-12-16-11(7-13(18)17(12)8-10)9-3-5-15-6-4-9/h1-2,7-9,15H,3-6H2. The minimum absolute atomic E-state index is 0.0592. The van der Waals surface area contributed by atoms with Crippen LogP contribution in [0.2, 0.25) is 5.02 Å². The summed E-state index contributed by atoms with van der Waals surface area (Å²) >= 11 is 5.88. The number of nitrogens with one attached hydrogen (secondary N) is 1. The van der Waals surface area contributed by atoms with Crippen molar-refractivity contribution < 1.29 is 0 Å². The van der Waals surface area contributed by atoms with Crippen molar-refractivity contribution in [3.63, 3.8) is 0 Å². The van der Waals surface area contributed by atoms with Gasteiger partial charge in [-0.3, -0.25) is 9.20 Å². The second-order valence-electron chi connectivity index (χ2n) is 4.62. The Morgan fingerprint density at radius 2 is 2.11 bits per heavy atom. The van der Waals surface area contributed by atoms with E-state index in [1.54, 1.807) is 24.4 Å². The third-order valence-corrected chi connectivity index (χ3v) is 3.62. The highest BCUT2D eigenvalue weighted by Crippen LogP contribution is 2.23. The lowest BCUT2D eigenvalue weighted by molar-refractivity contribution is 0.453. The Hall–Kier alpha value is -1.39. The molecule has 1 saturated heterocycles. The topological polar surface area (TPSA) is 46.4 Å². The van der Waals surface area contributed by atoms with Crippen LogP contribution in [0, 0.1) is 0 Å². The molecule has 0 aromatic carbocycles. The van der Waals surface area contributed by atoms with Crippen molar-refractivity contribution in [3.05, 3.63) is 45.5 Å². The molecule has 0 unspecified atom stereocenters. The summed E-state index contributed by atoms with van der Waals surface area (Å²) in [6, 6.07) is 5.18. The van der Waals surface area contributed by atoms with Crippen LogP contribution in [0.15, 0.2) is 29.2 Å². The van der Waals surface area contributed by atoms with Crippen molar-refractivity contribution in [2.75, 3.05) is 13.1 Å². The molecule has 0 spiro atoms. The lowest BCUT2D eigenvalue weighted by Gasteiger charge is -2.22. The fraction of sp³-hybridized carbons (Fsp3) is 0.385. The zero-order chi connectivity index (χ0) is 12.5. The molecule has 2 aromatic rings. The van der Waals surface area contributed by atoms with Crippen LogP contribution in [0.1, 0.15) is 24.5 Å². The molecule has 0 aliphatic carbocycles. The Morgan fingerprint density at radius 3 is 2.89 bits per heavy atom. The molecule has 18 heavy (non-hydrogen) atoms. The lowest BCUT2D eigenvalue weighted by atomic mass is 9.94. The SMILES string of the molecule is O=c1cc(C2CCNCC2)nc2ccc(Cl)cn12. The Labute approximate surface area is 110 Å². The summed E-state index contributed by atoms with van der Waals surface area (Å²) in [5.41, 5.74) is 1.51. The summed E-state index contributed by atoms with van der Waals surface area (Å²) in [7, 11) is 0. The predicted molar refractivity (Wildman–Crippen MR) is 71.3 cm³/mol. The van der Waals surface area contributed by atoms with E-state index >= 15 is 0 Å². The number of nitrogens with zero attached hydrogens (tertiary/aromatic N) is 2. The van der Waals surface area contributed by atoms with Crippen LogP contribution in [0.4, 0.5) is 0 Å². The van der Waals surface area contributed by atoms with E-state index in [0.717, 1.165) is 31.6 Å². The molecule has 1 N–H and O–H groups in total. The third kappa shape index (κ3) is 2.13. The van der Waals surface area contributed by atoms with E-state index < -0.39 is 0 Å². The maximum atomic E-state index is 12.0. The van der Waals surface area contributed by atoms with Gasteiger partial charge in [-0.1, -0.05) is 11.6 Å². The largest absolute Gasteiger partial charge is 0.317 e. The maximum absolute atomic E-state index is 12.0. The van der Waals surface area contributed by atoms with Crippen LogP contribution < -0.4 is 10.9 Å². The molecule has 0 bridgehead atoms. The number of hydrogen-bond acceptors (Lipinski definition) is 3. The van der Waals surface area contributed by atoms with Gasteiger partial charge in [-0.2, -0.15) is 0 Å². The summed E-state index contributed by atoms with van der Waals surface area (Å²) in [6.45, 7) is 1.98. The number of halogens is 1. The van der Waals surface area contributed by atoms with Crippen LogP contribution in [-0.4, -0.2) is 22.5 Å². The lowest BCUT2D eigenvalue weighted by Crippen LogP contribution is -2.28. The Morgan fingerprint density at radius 1 is 1.33 bits per heavy atom. The van der Waals surface area contributed by atoms with Gasteiger partial charge in [0.15, 0.2) is 0 Å². The first-order chi connectivity index (χ1) is 8.74. The van der Waals surface area contributed by atoms with E-state index in [2.05, 4.69) is 10.3 Å². The van der Waals surface area contributed by atoms with E-state index in [9.17, 15) is 4.79 Å². The van der Waals surface area contributed by atoms with Gasteiger partial charge in [-0.15, -0.1) is 0 Å². The summed E-state index contributed by atoms with van der Waals surface area (Å²) < 4.78 is 1.49. The molecule has 1 aliphatic heterocycles. The average molecular weight is 264 g/mol. The van der Waals surface area contributed by atoms with Crippen molar-refractivity contribution in [2.24, 2.45) is 0 Å². The van der Waals surface area contributed by atoms with Gasteiger partial charge in [0.05, 0.1) is 10.7 Å². The highest BCUT2D eigenvalue weighted by Gasteiger charge is 2.17. The van der Waals surface area contributed by atoms with Crippen molar-refractivity contribution >= 4 is 17.2 Å². The van der Waals surface area contributed by atoms with Gasteiger partial charge in [0.2, 0.25) is 0 Å². The Balaban J connectivity index is 2.09. The van der Waals surface area contributed by atoms with Crippen molar-refractivity contribution in [2.45, 2.75) is 18.8 Å². The summed E-state index contributed by atoms with van der Waals surface area (Å²) in [4.78, 5) is 16.6. The minimum atomic E-state index is -0.0592. The molecule has 0 atom stereocenters. The highest BCUT2D eigenvalue weighted by atomic mass is 35.5. The van der Waals surface area contributed by atoms with Gasteiger partial charge in [0.25, 0.3) is 5.56 Å². The average Bonchev–Trinajstić information content (AvgIpc) is 2.40. The number of rotatable bonds is 1. The number of aromatic nitrogens is 2. The molecule has 5 heteroatoms. The van der Waals surface area contributed by atoms with Gasteiger partial charge < -0.3 is 5.32 Å². The fourth-order valence-electron chi connectivity index (χ4n) is 2.42. The molecular weight excluding hydrogens is 250 g/mol. The first-order valence-electron chi connectivity index (χ1n) is 6.13. The molecule has 94 valence electrons. The van der Waals surface area contributed by atoms with Crippen molar-refractivity contribution in [1.82, 2.24) is 14.7 Å². The third-order valence-electron chi connectivity index (χ3n) is 3.40. The zero-order valence-electron chi connectivity index (χ0n) is 9.90. The molecule has 2 aromatic heterocycles. The molecule has 0 amide bonds. The maximum Gasteiger partial charge on any atom is 0.258 e. The molecule has 0 radical (unpaired) electrons. The van der Waals surface area contributed by atoms with Crippen LogP contribution >= 0.6 is 11.6 Å². The van der Waals surface area contributed by atoms with E-state index in [4.69, 9.17) is 11.6 Å². The molecule has 3 rings (SSSR count). The second-order valence-corrected chi connectivity index (χ2v) is 5.06. The quantitative estimate of drug-likeness (QED) is 0.854. The fourth-order valence-corrected chi connectivity index (χ4v) is 2.58. The predicted octanol–water partition coefficient (Wildman–Crippen LogP) is 1.81. The van der Waals surface area contributed by atoms with Gasteiger partial charge in [-0.25, -0.2) is 4.98 Å². The molecule has 1 fully saturated rings. The summed E-state index contributed by atoms with van der Waals surface area (Å²) in [5, 5.41) is 3.86. The van der Waals surface area contributed by atoms with Crippen LogP contribution in [0.3, 0.4) is 0 Å². The van der Waals surface area contributed by atoms with Crippen molar-refractivity contribution in [1.29, 1.82) is 0 Å². The normalized spacial score (nSPS) is 17.2. The number of pyridine rings is 1. The van der Waals surface area contributed by atoms with E-state index in [-0.39, 0.29) is 5.56 Å². The number of piperidine rings is 1. The minimum Gasteiger partial charge on any atom is -0.317 e. The molecule has 1 aliphatic rings.